The number of nitrogens with zero attached hydrogens (tertiary/aromatic N) is 2. The number of aromatic nitrogens is 1. The number of para-hydroxylation sites is 1. The minimum atomic E-state index is -0.00307. The molecule has 4 aromatic rings. The zero-order chi connectivity index (χ0) is 26.6. The number of pyridine rings is 1. The molecule has 7 nitrogen and oxygen atoms in total. The van der Waals surface area contributed by atoms with Crippen molar-refractivity contribution < 1.29 is 23.7 Å². The number of ether oxygens (including phenoxy) is 4. The summed E-state index contributed by atoms with van der Waals surface area (Å²) in [4.78, 5) is 21.6. The molecule has 1 saturated heterocycles. The van der Waals surface area contributed by atoms with Crippen molar-refractivity contribution in [1.82, 2.24) is 9.88 Å². The minimum Gasteiger partial charge on any atom is -0.496 e. The maximum atomic E-state index is 13.9. The summed E-state index contributed by atoms with van der Waals surface area (Å²) in [5, 5.41) is 2.78. The van der Waals surface area contributed by atoms with Crippen LogP contribution in [0.15, 0.2) is 53.9 Å². The monoisotopic (exact) mass is 532 g/mol. The molecular formula is C30H32N2O5S. The molecule has 0 unspecified atom stereocenters. The Balaban J connectivity index is 1.68. The summed E-state index contributed by atoms with van der Waals surface area (Å²) in [5.74, 6) is 2.03. The number of rotatable bonds is 9. The maximum Gasteiger partial charge on any atom is 0.264 e. The van der Waals surface area contributed by atoms with Crippen molar-refractivity contribution in [2.45, 2.75) is 32.4 Å². The van der Waals surface area contributed by atoms with E-state index in [9.17, 15) is 4.79 Å². The van der Waals surface area contributed by atoms with Gasteiger partial charge in [0.05, 0.1) is 38.0 Å². The fraction of sp³-hybridized carbons (Fsp3) is 0.333. The van der Waals surface area contributed by atoms with Crippen molar-refractivity contribution in [3.63, 3.8) is 0 Å². The lowest BCUT2D eigenvalue weighted by Gasteiger charge is -2.27. The molecule has 0 aliphatic carbocycles. The standard InChI is InChI=1S/C30H32N2O5S/c1-19-13-15-38-29(19)30(33)32(18-21-8-7-14-37-21)17-20-16-23-25(35-3)11-12-26(36-4)28(23)31-27(20)22-9-5-6-10-24(22)34-2/h5-6,9-13,15-16,21H,7-8,14,17-18H2,1-4H3/t21-/m1/s1. The van der Waals surface area contributed by atoms with Crippen molar-refractivity contribution in [3.8, 4) is 28.5 Å². The normalized spacial score (nSPS) is 15.0. The quantitative estimate of drug-likeness (QED) is 0.259. The fourth-order valence-electron chi connectivity index (χ4n) is 4.98. The summed E-state index contributed by atoms with van der Waals surface area (Å²) in [6.45, 7) is 3.57. The molecule has 2 aromatic carbocycles. The lowest BCUT2D eigenvalue weighted by Crippen LogP contribution is -2.37. The Hall–Kier alpha value is -3.62. The van der Waals surface area contributed by atoms with E-state index in [-0.39, 0.29) is 12.0 Å². The second-order valence-electron chi connectivity index (χ2n) is 9.32. The van der Waals surface area contributed by atoms with Crippen molar-refractivity contribution in [1.29, 1.82) is 0 Å². The number of thiophene rings is 1. The van der Waals surface area contributed by atoms with Crippen LogP contribution in [0.3, 0.4) is 0 Å². The highest BCUT2D eigenvalue weighted by molar-refractivity contribution is 7.12. The van der Waals surface area contributed by atoms with E-state index in [1.807, 2.05) is 59.7 Å². The van der Waals surface area contributed by atoms with E-state index in [0.29, 0.717) is 35.9 Å². The van der Waals surface area contributed by atoms with E-state index >= 15 is 0 Å². The van der Waals surface area contributed by atoms with Gasteiger partial charge in [-0.1, -0.05) is 12.1 Å². The first-order chi connectivity index (χ1) is 18.5. The van der Waals surface area contributed by atoms with Crippen molar-refractivity contribution in [2.24, 2.45) is 0 Å². The third-order valence-corrected chi connectivity index (χ3v) is 7.95. The molecule has 3 heterocycles. The lowest BCUT2D eigenvalue weighted by atomic mass is 10.0. The molecule has 0 N–H and O–H groups in total. The molecule has 0 radical (unpaired) electrons. The van der Waals surface area contributed by atoms with Crippen LogP contribution in [0.1, 0.15) is 33.6 Å². The highest BCUT2D eigenvalue weighted by Crippen LogP contribution is 2.39. The number of carbonyl (C=O) groups is 1. The molecule has 0 saturated carbocycles. The number of amides is 1. The summed E-state index contributed by atoms with van der Waals surface area (Å²) < 4.78 is 23.0. The van der Waals surface area contributed by atoms with Gasteiger partial charge < -0.3 is 23.8 Å². The first kappa shape index (κ1) is 26.0. The number of hydrogen-bond donors (Lipinski definition) is 0. The molecule has 0 spiro atoms. The summed E-state index contributed by atoms with van der Waals surface area (Å²) in [6.07, 6.45) is 1.95. The Morgan fingerprint density at radius 2 is 1.82 bits per heavy atom. The van der Waals surface area contributed by atoms with Gasteiger partial charge in [0.1, 0.15) is 22.8 Å². The van der Waals surface area contributed by atoms with Crippen molar-refractivity contribution in [2.75, 3.05) is 34.5 Å². The number of carbonyl (C=O) groups excluding carboxylic acids is 1. The van der Waals surface area contributed by atoms with E-state index in [4.69, 9.17) is 23.9 Å². The van der Waals surface area contributed by atoms with Crippen LogP contribution >= 0.6 is 11.3 Å². The number of fused-ring (bicyclic) bond motifs is 1. The molecule has 1 atom stereocenters. The Kier molecular flexibility index (Phi) is 7.81. The lowest BCUT2D eigenvalue weighted by molar-refractivity contribution is 0.0510. The van der Waals surface area contributed by atoms with E-state index in [1.165, 1.54) is 11.3 Å². The largest absolute Gasteiger partial charge is 0.496 e. The molecule has 1 amide bonds. The van der Waals surface area contributed by atoms with Crippen LogP contribution in [0.2, 0.25) is 0 Å². The molecule has 0 bridgehead atoms. The number of aryl methyl sites for hydroxylation is 1. The maximum absolute atomic E-state index is 13.9. The van der Waals surface area contributed by atoms with Gasteiger partial charge in [-0.25, -0.2) is 4.98 Å². The van der Waals surface area contributed by atoms with Gasteiger partial charge in [0.2, 0.25) is 0 Å². The van der Waals surface area contributed by atoms with E-state index in [1.54, 1.807) is 21.3 Å². The third-order valence-electron chi connectivity index (χ3n) is 6.94. The average molecular weight is 533 g/mol. The highest BCUT2D eigenvalue weighted by Gasteiger charge is 2.27. The zero-order valence-electron chi connectivity index (χ0n) is 22.2. The molecule has 38 heavy (non-hydrogen) atoms. The summed E-state index contributed by atoms with van der Waals surface area (Å²) in [6, 6.07) is 15.6. The molecule has 1 aliphatic heterocycles. The second kappa shape index (κ2) is 11.4. The Morgan fingerprint density at radius 1 is 1.05 bits per heavy atom. The SMILES string of the molecule is COc1ccccc1-c1nc2c(OC)ccc(OC)c2cc1CN(C[C@H]1CCCO1)C(=O)c1sccc1C. The molecule has 2 aromatic heterocycles. The topological polar surface area (TPSA) is 70.1 Å². The van der Waals surface area contributed by atoms with Gasteiger partial charge in [-0.2, -0.15) is 0 Å². The van der Waals surface area contributed by atoms with Crippen LogP contribution < -0.4 is 14.2 Å². The van der Waals surface area contributed by atoms with Gasteiger partial charge in [-0.3, -0.25) is 4.79 Å². The Bertz CT molecular complexity index is 1440. The predicted molar refractivity (Wildman–Crippen MR) is 150 cm³/mol. The average Bonchev–Trinajstić information content (AvgIpc) is 3.62. The van der Waals surface area contributed by atoms with Crippen molar-refractivity contribution in [3.05, 3.63) is 69.9 Å². The number of methoxy groups -OCH3 is 3. The van der Waals surface area contributed by atoms with Crippen LogP contribution in [0.4, 0.5) is 0 Å². The van der Waals surface area contributed by atoms with Gasteiger partial charge in [0.15, 0.2) is 0 Å². The zero-order valence-corrected chi connectivity index (χ0v) is 23.0. The summed E-state index contributed by atoms with van der Waals surface area (Å²) in [5.41, 5.74) is 4.12. The van der Waals surface area contributed by atoms with Gasteiger partial charge >= 0.3 is 0 Å². The Labute approximate surface area is 226 Å². The van der Waals surface area contributed by atoms with E-state index < -0.39 is 0 Å². The minimum absolute atomic E-state index is 0.00307. The smallest absolute Gasteiger partial charge is 0.264 e. The highest BCUT2D eigenvalue weighted by atomic mass is 32.1. The molecule has 8 heteroatoms. The van der Waals surface area contributed by atoms with Crippen molar-refractivity contribution >= 4 is 28.1 Å². The van der Waals surface area contributed by atoms with Crippen LogP contribution in [-0.4, -0.2) is 56.4 Å². The summed E-state index contributed by atoms with van der Waals surface area (Å²) in [7, 11) is 4.92. The predicted octanol–water partition coefficient (Wildman–Crippen LogP) is 6.12. The molecule has 1 fully saturated rings. The molecular weight excluding hydrogens is 500 g/mol. The number of hydrogen-bond acceptors (Lipinski definition) is 7. The van der Waals surface area contributed by atoms with Gasteiger partial charge in [-0.05, 0) is 72.7 Å². The van der Waals surface area contributed by atoms with Gasteiger partial charge in [0.25, 0.3) is 5.91 Å². The van der Waals surface area contributed by atoms with Crippen LogP contribution in [0.5, 0.6) is 17.2 Å². The van der Waals surface area contributed by atoms with Crippen LogP contribution in [-0.2, 0) is 11.3 Å². The van der Waals surface area contributed by atoms with Crippen LogP contribution in [0, 0.1) is 6.92 Å². The molecule has 198 valence electrons. The summed E-state index contributed by atoms with van der Waals surface area (Å²) >= 11 is 1.47. The van der Waals surface area contributed by atoms with Gasteiger partial charge in [0, 0.05) is 30.6 Å². The van der Waals surface area contributed by atoms with E-state index in [2.05, 4.69) is 6.07 Å². The number of benzene rings is 2. The van der Waals surface area contributed by atoms with E-state index in [0.717, 1.165) is 52.1 Å². The first-order valence-corrected chi connectivity index (χ1v) is 13.5. The molecule has 5 rings (SSSR count). The third kappa shape index (κ3) is 5.06. The molecule has 1 aliphatic rings. The van der Waals surface area contributed by atoms with Crippen LogP contribution in [0.25, 0.3) is 22.2 Å². The van der Waals surface area contributed by atoms with Gasteiger partial charge in [-0.15, -0.1) is 11.3 Å². The Morgan fingerprint density at radius 3 is 2.50 bits per heavy atom. The second-order valence-corrected chi connectivity index (χ2v) is 10.2. The fourth-order valence-corrected chi connectivity index (χ4v) is 5.87. The first-order valence-electron chi connectivity index (χ1n) is 12.7.